The monoisotopic (exact) mass is 370 g/mol. The standard InChI is InChI=1S/C17H26N2O5S/c1-4-13-7-5-6-10-19(13)17(20)12-18-25(21,22)14-8-9-15(23-2)16(11-14)24-3/h8-9,11,13,18H,4-7,10,12H2,1-3H3. The molecule has 0 radical (unpaired) electrons. The van der Waals surface area contributed by atoms with Crippen molar-refractivity contribution >= 4 is 15.9 Å². The van der Waals surface area contributed by atoms with E-state index in [1.165, 1.54) is 32.4 Å². The maximum Gasteiger partial charge on any atom is 0.241 e. The van der Waals surface area contributed by atoms with E-state index in [1.807, 2.05) is 6.92 Å². The van der Waals surface area contributed by atoms with E-state index in [9.17, 15) is 13.2 Å². The van der Waals surface area contributed by atoms with Gasteiger partial charge in [-0.05, 0) is 37.8 Å². The lowest BCUT2D eigenvalue weighted by atomic mass is 10.00. The summed E-state index contributed by atoms with van der Waals surface area (Å²) < 4.78 is 37.5. The van der Waals surface area contributed by atoms with Gasteiger partial charge in [-0.1, -0.05) is 6.92 Å². The van der Waals surface area contributed by atoms with E-state index in [0.29, 0.717) is 18.0 Å². The lowest BCUT2D eigenvalue weighted by Crippen LogP contribution is -2.47. The molecule has 7 nitrogen and oxygen atoms in total. The first-order valence-electron chi connectivity index (χ1n) is 8.44. The second kappa shape index (κ2) is 8.53. The van der Waals surface area contributed by atoms with Crippen molar-refractivity contribution in [2.45, 2.75) is 43.5 Å². The number of nitrogens with one attached hydrogen (secondary N) is 1. The van der Waals surface area contributed by atoms with Gasteiger partial charge < -0.3 is 14.4 Å². The minimum Gasteiger partial charge on any atom is -0.493 e. The fraction of sp³-hybridized carbons (Fsp3) is 0.588. The summed E-state index contributed by atoms with van der Waals surface area (Å²) in [5.74, 6) is 0.575. The third-order valence-electron chi connectivity index (χ3n) is 4.50. The number of sulfonamides is 1. The first-order chi connectivity index (χ1) is 11.9. The van der Waals surface area contributed by atoms with Crippen LogP contribution >= 0.6 is 0 Å². The van der Waals surface area contributed by atoms with E-state index in [1.54, 1.807) is 4.90 Å². The summed E-state index contributed by atoms with van der Waals surface area (Å²) in [6.07, 6.45) is 3.93. The van der Waals surface area contributed by atoms with Crippen LogP contribution in [0.3, 0.4) is 0 Å². The van der Waals surface area contributed by atoms with Crippen molar-refractivity contribution in [3.63, 3.8) is 0 Å². The van der Waals surface area contributed by atoms with Crippen molar-refractivity contribution in [1.29, 1.82) is 0 Å². The van der Waals surface area contributed by atoms with Crippen molar-refractivity contribution in [2.75, 3.05) is 27.3 Å². The Morgan fingerprint density at radius 1 is 1.24 bits per heavy atom. The number of hydrogen-bond donors (Lipinski definition) is 1. The van der Waals surface area contributed by atoms with Gasteiger partial charge in [-0.25, -0.2) is 13.1 Å². The second-order valence-corrected chi connectivity index (χ2v) is 7.75. The minimum absolute atomic E-state index is 0.0311. The molecule has 25 heavy (non-hydrogen) atoms. The number of carbonyl (C=O) groups excluding carboxylic acids is 1. The summed E-state index contributed by atoms with van der Waals surface area (Å²) in [5.41, 5.74) is 0. The topological polar surface area (TPSA) is 84.9 Å². The molecule has 1 aliphatic rings. The molecule has 1 atom stereocenters. The summed E-state index contributed by atoms with van der Waals surface area (Å²) in [7, 11) is -0.894. The Bertz CT molecular complexity index is 705. The Morgan fingerprint density at radius 2 is 1.96 bits per heavy atom. The van der Waals surface area contributed by atoms with E-state index < -0.39 is 10.0 Å². The van der Waals surface area contributed by atoms with Gasteiger partial charge in [0, 0.05) is 18.7 Å². The molecule has 1 heterocycles. The van der Waals surface area contributed by atoms with Crippen LogP contribution in [0.5, 0.6) is 11.5 Å². The van der Waals surface area contributed by atoms with E-state index in [2.05, 4.69) is 4.72 Å². The van der Waals surface area contributed by atoms with Gasteiger partial charge in [-0.3, -0.25) is 4.79 Å². The number of methoxy groups -OCH3 is 2. The van der Waals surface area contributed by atoms with Crippen LogP contribution in [0.15, 0.2) is 23.1 Å². The number of ether oxygens (including phenoxy) is 2. The molecule has 0 aromatic heterocycles. The molecule has 1 fully saturated rings. The Kier molecular flexibility index (Phi) is 6.66. The SMILES string of the molecule is CCC1CCCCN1C(=O)CNS(=O)(=O)c1ccc(OC)c(OC)c1. The van der Waals surface area contributed by atoms with Gasteiger partial charge in [-0.2, -0.15) is 0 Å². The van der Waals surface area contributed by atoms with Crippen LogP contribution in [0, 0.1) is 0 Å². The van der Waals surface area contributed by atoms with Gasteiger partial charge >= 0.3 is 0 Å². The number of likely N-dealkylation sites (tertiary alicyclic amines) is 1. The maximum absolute atomic E-state index is 12.5. The smallest absolute Gasteiger partial charge is 0.241 e. The molecule has 1 saturated heterocycles. The zero-order valence-corrected chi connectivity index (χ0v) is 15.8. The van der Waals surface area contributed by atoms with Crippen LogP contribution < -0.4 is 14.2 Å². The van der Waals surface area contributed by atoms with Crippen molar-refractivity contribution in [3.05, 3.63) is 18.2 Å². The molecular formula is C17H26N2O5S. The van der Waals surface area contributed by atoms with Crippen molar-refractivity contribution in [2.24, 2.45) is 0 Å². The van der Waals surface area contributed by atoms with Gasteiger partial charge in [0.15, 0.2) is 11.5 Å². The van der Waals surface area contributed by atoms with Gasteiger partial charge in [-0.15, -0.1) is 0 Å². The summed E-state index contributed by atoms with van der Waals surface area (Å²) in [6, 6.07) is 4.52. The van der Waals surface area contributed by atoms with Crippen molar-refractivity contribution in [3.8, 4) is 11.5 Å². The normalized spacial score (nSPS) is 18.0. The number of carbonyl (C=O) groups is 1. The van der Waals surface area contributed by atoms with E-state index in [-0.39, 0.29) is 23.4 Å². The predicted molar refractivity (Wildman–Crippen MR) is 94.4 cm³/mol. The Hall–Kier alpha value is -1.80. The molecular weight excluding hydrogens is 344 g/mol. The first-order valence-corrected chi connectivity index (χ1v) is 9.92. The highest BCUT2D eigenvalue weighted by Gasteiger charge is 2.26. The molecule has 8 heteroatoms. The van der Waals surface area contributed by atoms with Crippen LogP contribution in [0.4, 0.5) is 0 Å². The third-order valence-corrected chi connectivity index (χ3v) is 5.90. The maximum atomic E-state index is 12.5. The molecule has 0 saturated carbocycles. The van der Waals surface area contributed by atoms with Crippen molar-refractivity contribution in [1.82, 2.24) is 9.62 Å². The molecule has 0 aliphatic carbocycles. The van der Waals surface area contributed by atoms with Gasteiger partial charge in [0.1, 0.15) is 0 Å². The zero-order chi connectivity index (χ0) is 18.4. The molecule has 140 valence electrons. The van der Waals surface area contributed by atoms with E-state index in [4.69, 9.17) is 9.47 Å². The molecule has 1 N–H and O–H groups in total. The predicted octanol–water partition coefficient (Wildman–Crippen LogP) is 1.77. The number of amides is 1. The zero-order valence-electron chi connectivity index (χ0n) is 14.9. The molecule has 1 unspecified atom stereocenters. The number of nitrogens with zero attached hydrogens (tertiary/aromatic N) is 1. The van der Waals surface area contributed by atoms with E-state index >= 15 is 0 Å². The third kappa shape index (κ3) is 4.64. The lowest BCUT2D eigenvalue weighted by molar-refractivity contribution is -0.133. The number of hydrogen-bond acceptors (Lipinski definition) is 5. The highest BCUT2D eigenvalue weighted by molar-refractivity contribution is 7.89. The van der Waals surface area contributed by atoms with Crippen LogP contribution in [0.2, 0.25) is 0 Å². The summed E-state index contributed by atoms with van der Waals surface area (Å²) in [6.45, 7) is 2.49. The molecule has 0 spiro atoms. The largest absolute Gasteiger partial charge is 0.493 e. The summed E-state index contributed by atoms with van der Waals surface area (Å²) >= 11 is 0. The lowest BCUT2D eigenvalue weighted by Gasteiger charge is -2.35. The van der Waals surface area contributed by atoms with Crippen LogP contribution in [-0.2, 0) is 14.8 Å². The fourth-order valence-corrected chi connectivity index (χ4v) is 4.07. The number of benzene rings is 1. The summed E-state index contributed by atoms with van der Waals surface area (Å²) in [5, 5.41) is 0. The molecule has 1 aromatic carbocycles. The Labute approximate surface area is 149 Å². The average molecular weight is 370 g/mol. The molecule has 1 amide bonds. The number of piperidine rings is 1. The van der Waals surface area contributed by atoms with Gasteiger partial charge in [0.2, 0.25) is 15.9 Å². The molecule has 2 rings (SSSR count). The molecule has 1 aromatic rings. The van der Waals surface area contributed by atoms with Gasteiger partial charge in [0.25, 0.3) is 0 Å². The number of rotatable bonds is 7. The molecule has 0 bridgehead atoms. The van der Waals surface area contributed by atoms with E-state index in [0.717, 1.165) is 25.7 Å². The van der Waals surface area contributed by atoms with Crippen molar-refractivity contribution < 1.29 is 22.7 Å². The van der Waals surface area contributed by atoms with Crippen LogP contribution in [0.25, 0.3) is 0 Å². The van der Waals surface area contributed by atoms with Crippen LogP contribution in [-0.4, -0.2) is 52.6 Å². The Morgan fingerprint density at radius 3 is 2.60 bits per heavy atom. The average Bonchev–Trinajstić information content (AvgIpc) is 2.65. The summed E-state index contributed by atoms with van der Waals surface area (Å²) in [4.78, 5) is 14.2. The molecule has 1 aliphatic heterocycles. The second-order valence-electron chi connectivity index (χ2n) is 5.99. The van der Waals surface area contributed by atoms with Gasteiger partial charge in [0.05, 0.1) is 25.7 Å². The first kappa shape index (κ1) is 19.5. The highest BCUT2D eigenvalue weighted by Crippen LogP contribution is 2.29. The highest BCUT2D eigenvalue weighted by atomic mass is 32.2. The fourth-order valence-electron chi connectivity index (χ4n) is 3.08. The quantitative estimate of drug-likeness (QED) is 0.791. The van der Waals surface area contributed by atoms with Crippen LogP contribution in [0.1, 0.15) is 32.6 Å². The minimum atomic E-state index is -3.81. The Balaban J connectivity index is 2.07.